The molecule has 0 saturated carbocycles. The van der Waals surface area contributed by atoms with E-state index >= 15 is 0 Å². The van der Waals surface area contributed by atoms with Crippen LogP contribution in [0.25, 0.3) is 0 Å². The molecular formula is C13H10BrFO. The summed E-state index contributed by atoms with van der Waals surface area (Å²) in [5, 5.41) is 0. The van der Waals surface area contributed by atoms with Gasteiger partial charge in [-0.3, -0.25) is 0 Å². The van der Waals surface area contributed by atoms with E-state index in [9.17, 15) is 4.39 Å². The molecule has 0 radical (unpaired) electrons. The summed E-state index contributed by atoms with van der Waals surface area (Å²) in [6, 6.07) is 14.0. The summed E-state index contributed by atoms with van der Waals surface area (Å²) in [5.41, 5.74) is 0.816. The smallest absolute Gasteiger partial charge is 0.133 e. The molecule has 0 heterocycles. The molecular weight excluding hydrogens is 271 g/mol. The maximum atomic E-state index is 12.9. The zero-order chi connectivity index (χ0) is 11.4. The highest BCUT2D eigenvalue weighted by atomic mass is 79.9. The van der Waals surface area contributed by atoms with Crippen molar-refractivity contribution in [3.8, 4) is 5.75 Å². The van der Waals surface area contributed by atoms with Gasteiger partial charge >= 0.3 is 0 Å². The Morgan fingerprint density at radius 3 is 2.62 bits per heavy atom. The van der Waals surface area contributed by atoms with Crippen LogP contribution in [0, 0.1) is 5.82 Å². The SMILES string of the molecule is Fc1cccc(COc2ccccc2Br)c1. The van der Waals surface area contributed by atoms with Gasteiger partial charge < -0.3 is 4.74 Å². The summed E-state index contributed by atoms with van der Waals surface area (Å²) in [4.78, 5) is 0. The number of benzene rings is 2. The Morgan fingerprint density at radius 2 is 1.88 bits per heavy atom. The zero-order valence-electron chi connectivity index (χ0n) is 8.49. The van der Waals surface area contributed by atoms with E-state index in [-0.39, 0.29) is 5.82 Å². The lowest BCUT2D eigenvalue weighted by Crippen LogP contribution is -1.96. The first-order valence-electron chi connectivity index (χ1n) is 4.87. The van der Waals surface area contributed by atoms with Crippen LogP contribution in [0.4, 0.5) is 4.39 Å². The Hall–Kier alpha value is -1.35. The molecule has 0 atom stereocenters. The summed E-state index contributed by atoms with van der Waals surface area (Å²) in [6.07, 6.45) is 0. The van der Waals surface area contributed by atoms with Gasteiger partial charge in [-0.25, -0.2) is 4.39 Å². The topological polar surface area (TPSA) is 9.23 Å². The molecule has 0 fully saturated rings. The third-order valence-electron chi connectivity index (χ3n) is 2.12. The molecule has 0 N–H and O–H groups in total. The second kappa shape index (κ2) is 5.12. The molecule has 2 rings (SSSR count). The highest BCUT2D eigenvalue weighted by Gasteiger charge is 2.00. The highest BCUT2D eigenvalue weighted by Crippen LogP contribution is 2.24. The standard InChI is InChI=1S/C13H10BrFO/c14-12-6-1-2-7-13(12)16-9-10-4-3-5-11(15)8-10/h1-8H,9H2. The van der Waals surface area contributed by atoms with Gasteiger partial charge in [0.1, 0.15) is 18.2 Å². The molecule has 3 heteroatoms. The van der Waals surface area contributed by atoms with Gasteiger partial charge in [-0.1, -0.05) is 24.3 Å². The first-order valence-corrected chi connectivity index (χ1v) is 5.67. The molecule has 2 aromatic carbocycles. The molecule has 0 aliphatic carbocycles. The third-order valence-corrected chi connectivity index (χ3v) is 2.78. The second-order valence-electron chi connectivity index (χ2n) is 3.35. The lowest BCUT2D eigenvalue weighted by Gasteiger charge is -2.07. The van der Waals surface area contributed by atoms with Crippen molar-refractivity contribution in [3.63, 3.8) is 0 Å². The lowest BCUT2D eigenvalue weighted by atomic mass is 10.2. The number of para-hydroxylation sites is 1. The fourth-order valence-corrected chi connectivity index (χ4v) is 1.75. The van der Waals surface area contributed by atoms with Crippen molar-refractivity contribution < 1.29 is 9.13 Å². The zero-order valence-corrected chi connectivity index (χ0v) is 10.1. The summed E-state index contributed by atoms with van der Waals surface area (Å²) in [5.74, 6) is 0.514. The quantitative estimate of drug-likeness (QED) is 0.820. The molecule has 82 valence electrons. The molecule has 0 unspecified atom stereocenters. The van der Waals surface area contributed by atoms with Crippen LogP contribution >= 0.6 is 15.9 Å². The fraction of sp³-hybridized carbons (Fsp3) is 0.0769. The third kappa shape index (κ3) is 2.83. The maximum absolute atomic E-state index is 12.9. The summed E-state index contributed by atoms with van der Waals surface area (Å²) < 4.78 is 19.4. The van der Waals surface area contributed by atoms with Crippen molar-refractivity contribution in [2.75, 3.05) is 0 Å². The van der Waals surface area contributed by atoms with Crippen LogP contribution < -0.4 is 4.74 Å². The molecule has 16 heavy (non-hydrogen) atoms. The largest absolute Gasteiger partial charge is 0.488 e. The number of hydrogen-bond donors (Lipinski definition) is 0. The van der Waals surface area contributed by atoms with Crippen LogP contribution in [0.5, 0.6) is 5.75 Å². The number of ether oxygens (including phenoxy) is 1. The van der Waals surface area contributed by atoms with Crippen molar-refractivity contribution in [2.45, 2.75) is 6.61 Å². The van der Waals surface area contributed by atoms with Crippen LogP contribution in [0.15, 0.2) is 53.0 Å². The Morgan fingerprint density at radius 1 is 1.06 bits per heavy atom. The molecule has 0 aliphatic heterocycles. The Kier molecular flexibility index (Phi) is 3.57. The van der Waals surface area contributed by atoms with Crippen LogP contribution in [0.1, 0.15) is 5.56 Å². The van der Waals surface area contributed by atoms with Gasteiger partial charge in [0.15, 0.2) is 0 Å². The molecule has 0 bridgehead atoms. The van der Waals surface area contributed by atoms with E-state index in [1.54, 1.807) is 6.07 Å². The average Bonchev–Trinajstić information content (AvgIpc) is 2.28. The van der Waals surface area contributed by atoms with Crippen molar-refractivity contribution >= 4 is 15.9 Å². The average molecular weight is 281 g/mol. The van der Waals surface area contributed by atoms with Crippen LogP contribution in [0.3, 0.4) is 0 Å². The molecule has 1 nitrogen and oxygen atoms in total. The fourth-order valence-electron chi connectivity index (χ4n) is 1.35. The molecule has 0 spiro atoms. The minimum Gasteiger partial charge on any atom is -0.488 e. The van der Waals surface area contributed by atoms with Gasteiger partial charge in [-0.15, -0.1) is 0 Å². The van der Waals surface area contributed by atoms with Crippen molar-refractivity contribution in [1.82, 2.24) is 0 Å². The lowest BCUT2D eigenvalue weighted by molar-refractivity contribution is 0.303. The van der Waals surface area contributed by atoms with Crippen LogP contribution in [-0.2, 0) is 6.61 Å². The summed E-state index contributed by atoms with van der Waals surface area (Å²) >= 11 is 3.39. The van der Waals surface area contributed by atoms with Gasteiger partial charge in [0, 0.05) is 0 Å². The summed E-state index contributed by atoms with van der Waals surface area (Å²) in [6.45, 7) is 0.361. The number of halogens is 2. The van der Waals surface area contributed by atoms with Gasteiger partial charge in [-0.2, -0.15) is 0 Å². The predicted octanol–water partition coefficient (Wildman–Crippen LogP) is 4.17. The van der Waals surface area contributed by atoms with Crippen LogP contribution in [0.2, 0.25) is 0 Å². The van der Waals surface area contributed by atoms with E-state index in [0.29, 0.717) is 6.61 Å². The normalized spacial score (nSPS) is 10.1. The summed E-state index contributed by atoms with van der Waals surface area (Å²) in [7, 11) is 0. The monoisotopic (exact) mass is 280 g/mol. The Bertz CT molecular complexity index is 485. The minimum atomic E-state index is -0.242. The molecule has 2 aromatic rings. The molecule has 0 aliphatic rings. The van der Waals surface area contributed by atoms with E-state index in [0.717, 1.165) is 15.8 Å². The predicted molar refractivity (Wildman–Crippen MR) is 64.9 cm³/mol. The van der Waals surface area contributed by atoms with Gasteiger partial charge in [0.05, 0.1) is 4.47 Å². The number of rotatable bonds is 3. The second-order valence-corrected chi connectivity index (χ2v) is 4.20. The van der Waals surface area contributed by atoms with E-state index < -0.39 is 0 Å². The Labute approximate surface area is 102 Å². The highest BCUT2D eigenvalue weighted by molar-refractivity contribution is 9.10. The van der Waals surface area contributed by atoms with Crippen molar-refractivity contribution in [2.24, 2.45) is 0 Å². The van der Waals surface area contributed by atoms with E-state index in [1.165, 1.54) is 12.1 Å². The van der Waals surface area contributed by atoms with Gasteiger partial charge in [-0.05, 0) is 45.8 Å². The van der Waals surface area contributed by atoms with E-state index in [4.69, 9.17) is 4.74 Å². The molecule has 0 saturated heterocycles. The van der Waals surface area contributed by atoms with Crippen LogP contribution in [-0.4, -0.2) is 0 Å². The first-order chi connectivity index (χ1) is 7.75. The molecule has 0 amide bonds. The van der Waals surface area contributed by atoms with Gasteiger partial charge in [0.25, 0.3) is 0 Å². The van der Waals surface area contributed by atoms with E-state index in [1.807, 2.05) is 30.3 Å². The van der Waals surface area contributed by atoms with Gasteiger partial charge in [0.2, 0.25) is 0 Å². The van der Waals surface area contributed by atoms with Crippen molar-refractivity contribution in [1.29, 1.82) is 0 Å². The maximum Gasteiger partial charge on any atom is 0.133 e. The molecule has 0 aromatic heterocycles. The minimum absolute atomic E-state index is 0.242. The van der Waals surface area contributed by atoms with E-state index in [2.05, 4.69) is 15.9 Å². The first kappa shape index (κ1) is 11.1. The van der Waals surface area contributed by atoms with Crippen molar-refractivity contribution in [3.05, 3.63) is 64.4 Å². The number of hydrogen-bond acceptors (Lipinski definition) is 1. The Balaban J connectivity index is 2.05.